The summed E-state index contributed by atoms with van der Waals surface area (Å²) in [5, 5.41) is 6.69. The lowest BCUT2D eigenvalue weighted by atomic mass is 9.95. The number of hydrogen-bond donors (Lipinski definition) is 2. The normalized spacial score (nSPS) is 34.5. The Morgan fingerprint density at radius 2 is 1.88 bits per heavy atom. The highest BCUT2D eigenvalue weighted by Gasteiger charge is 2.27. The number of amides is 2. The van der Waals surface area contributed by atoms with Gasteiger partial charge in [0.15, 0.2) is 0 Å². The van der Waals surface area contributed by atoms with Gasteiger partial charge in [-0.3, -0.25) is 0 Å². The Balaban J connectivity index is 1.81. The summed E-state index contributed by atoms with van der Waals surface area (Å²) in [5.74, 6) is 0. The molecule has 2 aliphatic rings. The highest BCUT2D eigenvalue weighted by Crippen LogP contribution is 2.14. The van der Waals surface area contributed by atoms with E-state index in [0.29, 0.717) is 18.1 Å². The number of nitrogens with one attached hydrogen (secondary N) is 2. The number of nitrogens with zero attached hydrogens (tertiary/aromatic N) is 1. The monoisotopic (exact) mass is 239 g/mol. The van der Waals surface area contributed by atoms with Gasteiger partial charge >= 0.3 is 6.03 Å². The van der Waals surface area contributed by atoms with Gasteiger partial charge in [-0.05, 0) is 46.0 Å². The van der Waals surface area contributed by atoms with Gasteiger partial charge < -0.3 is 15.5 Å². The van der Waals surface area contributed by atoms with Crippen LogP contribution in [0.2, 0.25) is 0 Å². The average Bonchev–Trinajstić information content (AvgIpc) is 2.34. The predicted octanol–water partition coefficient (Wildman–Crippen LogP) is 1.71. The van der Waals surface area contributed by atoms with E-state index >= 15 is 0 Å². The molecule has 2 fully saturated rings. The Morgan fingerprint density at radius 1 is 1.18 bits per heavy atom. The molecular formula is C13H25N3O. The lowest BCUT2D eigenvalue weighted by Crippen LogP contribution is -2.57. The van der Waals surface area contributed by atoms with Crippen molar-refractivity contribution in [2.75, 3.05) is 13.1 Å². The van der Waals surface area contributed by atoms with Crippen LogP contribution in [0.15, 0.2) is 0 Å². The lowest BCUT2D eigenvalue weighted by Gasteiger charge is -2.36. The summed E-state index contributed by atoms with van der Waals surface area (Å²) in [6.45, 7) is 6.23. The van der Waals surface area contributed by atoms with Crippen LogP contribution in [0.5, 0.6) is 0 Å². The van der Waals surface area contributed by atoms with Crippen molar-refractivity contribution in [3.63, 3.8) is 0 Å². The number of likely N-dealkylation sites (tertiary alicyclic amines) is 1. The number of piperidine rings is 2. The third-order valence-electron chi connectivity index (χ3n) is 4.01. The largest absolute Gasteiger partial charge is 0.334 e. The molecule has 3 unspecified atom stereocenters. The van der Waals surface area contributed by atoms with Crippen LogP contribution in [-0.2, 0) is 0 Å². The number of carbonyl (C=O) groups excluding carboxylic acids is 1. The van der Waals surface area contributed by atoms with E-state index in [1.54, 1.807) is 0 Å². The molecule has 2 rings (SSSR count). The van der Waals surface area contributed by atoms with Gasteiger partial charge in [-0.15, -0.1) is 0 Å². The minimum atomic E-state index is 0.137. The van der Waals surface area contributed by atoms with Gasteiger partial charge in [-0.1, -0.05) is 0 Å². The van der Waals surface area contributed by atoms with Crippen LogP contribution in [-0.4, -0.2) is 42.1 Å². The Hall–Kier alpha value is -0.770. The third-order valence-corrected chi connectivity index (χ3v) is 4.01. The van der Waals surface area contributed by atoms with Crippen molar-refractivity contribution < 1.29 is 4.79 Å². The molecule has 0 aliphatic carbocycles. The molecule has 2 heterocycles. The lowest BCUT2D eigenvalue weighted by molar-refractivity contribution is 0.173. The van der Waals surface area contributed by atoms with E-state index in [4.69, 9.17) is 0 Å². The minimum absolute atomic E-state index is 0.137. The van der Waals surface area contributed by atoms with Crippen molar-refractivity contribution >= 4 is 6.03 Å². The Bertz CT molecular complexity index is 263. The fraction of sp³-hybridized carbons (Fsp3) is 0.923. The second-order valence-corrected chi connectivity index (χ2v) is 5.54. The molecular weight excluding hydrogens is 214 g/mol. The first kappa shape index (κ1) is 12.7. The highest BCUT2D eigenvalue weighted by molar-refractivity contribution is 5.74. The van der Waals surface area contributed by atoms with Gasteiger partial charge in [0.05, 0.1) is 0 Å². The van der Waals surface area contributed by atoms with Gasteiger partial charge in [0.2, 0.25) is 0 Å². The molecule has 4 heteroatoms. The molecule has 2 N–H and O–H groups in total. The van der Waals surface area contributed by atoms with E-state index in [1.807, 2.05) is 4.90 Å². The summed E-state index contributed by atoms with van der Waals surface area (Å²) in [4.78, 5) is 14.0. The topological polar surface area (TPSA) is 44.4 Å². The molecule has 0 radical (unpaired) electrons. The summed E-state index contributed by atoms with van der Waals surface area (Å²) in [6.07, 6.45) is 5.82. The number of urea groups is 1. The van der Waals surface area contributed by atoms with Crippen LogP contribution in [0, 0.1) is 0 Å². The molecule has 0 spiro atoms. The van der Waals surface area contributed by atoms with Crippen molar-refractivity contribution in [2.45, 2.75) is 64.1 Å². The van der Waals surface area contributed by atoms with Gasteiger partial charge in [-0.25, -0.2) is 4.79 Å². The Morgan fingerprint density at radius 3 is 2.53 bits per heavy atom. The molecule has 0 aromatic rings. The van der Waals surface area contributed by atoms with Crippen LogP contribution in [0.3, 0.4) is 0 Å². The van der Waals surface area contributed by atoms with Crippen LogP contribution in [0.25, 0.3) is 0 Å². The first-order valence-electron chi connectivity index (χ1n) is 6.98. The number of rotatable bonds is 1. The number of hydrogen-bond acceptors (Lipinski definition) is 2. The second-order valence-electron chi connectivity index (χ2n) is 5.54. The summed E-state index contributed by atoms with van der Waals surface area (Å²) in [7, 11) is 0. The minimum Gasteiger partial charge on any atom is -0.334 e. The second kappa shape index (κ2) is 5.71. The standard InChI is InChI=1S/C13H25N3O/c1-10-6-7-12(11(2)14-10)15-13(17)16-8-4-3-5-9-16/h10-12,14H,3-9H2,1-2H3,(H,15,17). The van der Waals surface area contributed by atoms with Crippen molar-refractivity contribution in [2.24, 2.45) is 0 Å². The smallest absolute Gasteiger partial charge is 0.317 e. The van der Waals surface area contributed by atoms with Gasteiger partial charge in [0.25, 0.3) is 0 Å². The molecule has 2 saturated heterocycles. The summed E-state index contributed by atoms with van der Waals surface area (Å²) >= 11 is 0. The molecule has 0 saturated carbocycles. The molecule has 2 aliphatic heterocycles. The summed E-state index contributed by atoms with van der Waals surface area (Å²) in [6, 6.07) is 1.39. The Labute approximate surface area is 104 Å². The van der Waals surface area contributed by atoms with Gasteiger partial charge in [-0.2, -0.15) is 0 Å². The molecule has 0 bridgehead atoms. The molecule has 0 aromatic carbocycles. The quantitative estimate of drug-likeness (QED) is 0.731. The zero-order valence-electron chi connectivity index (χ0n) is 11.0. The molecule has 17 heavy (non-hydrogen) atoms. The molecule has 3 atom stereocenters. The molecule has 4 nitrogen and oxygen atoms in total. The van der Waals surface area contributed by atoms with E-state index in [0.717, 1.165) is 38.8 Å². The first-order valence-corrected chi connectivity index (χ1v) is 6.98. The fourth-order valence-electron chi connectivity index (χ4n) is 2.87. The van der Waals surface area contributed by atoms with Crippen LogP contribution >= 0.6 is 0 Å². The molecule has 0 aromatic heterocycles. The maximum absolute atomic E-state index is 12.1. The van der Waals surface area contributed by atoms with Gasteiger partial charge in [0.1, 0.15) is 0 Å². The summed E-state index contributed by atoms with van der Waals surface area (Å²) in [5.41, 5.74) is 0. The average molecular weight is 239 g/mol. The first-order chi connectivity index (χ1) is 8.16. The maximum atomic E-state index is 12.1. The zero-order valence-corrected chi connectivity index (χ0v) is 11.0. The fourth-order valence-corrected chi connectivity index (χ4v) is 2.87. The van der Waals surface area contributed by atoms with Crippen LogP contribution in [0.1, 0.15) is 46.0 Å². The van der Waals surface area contributed by atoms with Crippen molar-refractivity contribution in [3.05, 3.63) is 0 Å². The Kier molecular flexibility index (Phi) is 4.26. The van der Waals surface area contributed by atoms with E-state index in [1.165, 1.54) is 6.42 Å². The van der Waals surface area contributed by atoms with E-state index in [-0.39, 0.29) is 6.03 Å². The molecule has 98 valence electrons. The van der Waals surface area contributed by atoms with E-state index < -0.39 is 0 Å². The zero-order chi connectivity index (χ0) is 12.3. The molecule has 2 amide bonds. The SMILES string of the molecule is CC1CCC(NC(=O)N2CCCCC2)C(C)N1. The maximum Gasteiger partial charge on any atom is 0.317 e. The van der Waals surface area contributed by atoms with Crippen LogP contribution in [0.4, 0.5) is 4.79 Å². The van der Waals surface area contributed by atoms with Crippen molar-refractivity contribution in [1.29, 1.82) is 0 Å². The van der Waals surface area contributed by atoms with Crippen molar-refractivity contribution in [3.8, 4) is 0 Å². The van der Waals surface area contributed by atoms with Crippen LogP contribution < -0.4 is 10.6 Å². The highest BCUT2D eigenvalue weighted by atomic mass is 16.2. The van der Waals surface area contributed by atoms with E-state index in [9.17, 15) is 4.79 Å². The van der Waals surface area contributed by atoms with Gasteiger partial charge in [0, 0.05) is 31.2 Å². The predicted molar refractivity (Wildman–Crippen MR) is 69.0 cm³/mol. The number of carbonyl (C=O) groups is 1. The van der Waals surface area contributed by atoms with E-state index in [2.05, 4.69) is 24.5 Å². The summed E-state index contributed by atoms with van der Waals surface area (Å²) < 4.78 is 0. The van der Waals surface area contributed by atoms with Crippen molar-refractivity contribution in [1.82, 2.24) is 15.5 Å². The third kappa shape index (κ3) is 3.35.